The maximum Gasteiger partial charge on any atom is 0.327 e. The maximum atomic E-state index is 12.9. The zero-order chi connectivity index (χ0) is 11.4. The molecule has 1 aromatic carbocycles. The van der Waals surface area contributed by atoms with Gasteiger partial charge in [0.25, 0.3) is 0 Å². The highest BCUT2D eigenvalue weighted by atomic mass is 79.9. The number of rotatable bonds is 3. The molecule has 3 nitrogen and oxygen atoms in total. The minimum absolute atomic E-state index is 0.249. The van der Waals surface area contributed by atoms with Crippen LogP contribution in [-0.4, -0.2) is 12.6 Å². The molecule has 0 bridgehead atoms. The van der Waals surface area contributed by atoms with Crippen LogP contribution in [-0.2, 0) is 9.53 Å². The Bertz CT molecular complexity index is 370. The molecule has 0 amide bonds. The highest BCUT2D eigenvalue weighted by molar-refractivity contribution is 9.10. The molecule has 1 rings (SSSR count). The van der Waals surface area contributed by atoms with E-state index >= 15 is 0 Å². The zero-order valence-electron chi connectivity index (χ0n) is 8.17. The van der Waals surface area contributed by atoms with Gasteiger partial charge in [-0.15, -0.1) is 0 Å². The number of esters is 1. The molecule has 0 aliphatic carbocycles. The molecule has 0 fully saturated rings. The number of ether oxygens (including phenoxy) is 1. The molecule has 0 radical (unpaired) electrons. The lowest BCUT2D eigenvalue weighted by Crippen LogP contribution is -2.24. The van der Waals surface area contributed by atoms with Crippen LogP contribution in [0.4, 0.5) is 4.39 Å². The van der Waals surface area contributed by atoms with E-state index in [9.17, 15) is 9.18 Å². The summed E-state index contributed by atoms with van der Waals surface area (Å²) >= 11 is 3.20. The van der Waals surface area contributed by atoms with Gasteiger partial charge in [-0.25, -0.2) is 9.18 Å². The van der Waals surface area contributed by atoms with Gasteiger partial charge < -0.3 is 10.5 Å². The average molecular weight is 276 g/mol. The summed E-state index contributed by atoms with van der Waals surface area (Å²) in [6, 6.07) is 3.04. The van der Waals surface area contributed by atoms with E-state index in [4.69, 9.17) is 10.5 Å². The van der Waals surface area contributed by atoms with E-state index in [-0.39, 0.29) is 6.61 Å². The molecule has 0 aliphatic rings. The zero-order valence-corrected chi connectivity index (χ0v) is 9.75. The Hall–Kier alpha value is -0.940. The number of carbonyl (C=O) groups is 1. The fourth-order valence-corrected chi connectivity index (χ4v) is 1.61. The molecule has 0 saturated carbocycles. The number of halogens is 2. The summed E-state index contributed by atoms with van der Waals surface area (Å²) < 4.78 is 18.3. The molecule has 0 aliphatic heterocycles. The first kappa shape index (κ1) is 12.1. The lowest BCUT2D eigenvalue weighted by molar-refractivity contribution is -0.144. The summed E-state index contributed by atoms with van der Waals surface area (Å²) in [4.78, 5) is 11.3. The maximum absolute atomic E-state index is 12.9. The SMILES string of the molecule is CCOC(=O)C(N)c1cc(F)ccc1Br. The largest absolute Gasteiger partial charge is 0.465 e. The summed E-state index contributed by atoms with van der Waals surface area (Å²) in [6.45, 7) is 1.94. The van der Waals surface area contributed by atoms with Gasteiger partial charge in [-0.1, -0.05) is 15.9 Å². The van der Waals surface area contributed by atoms with Crippen molar-refractivity contribution < 1.29 is 13.9 Å². The minimum atomic E-state index is -0.963. The van der Waals surface area contributed by atoms with Crippen molar-refractivity contribution in [3.8, 4) is 0 Å². The Morgan fingerprint density at radius 2 is 2.33 bits per heavy atom. The summed E-state index contributed by atoms with van der Waals surface area (Å²) in [5.74, 6) is -1.00. The van der Waals surface area contributed by atoms with Crippen LogP contribution in [0, 0.1) is 5.82 Å². The molecular formula is C10H11BrFNO2. The summed E-state index contributed by atoms with van der Waals surface area (Å²) in [5.41, 5.74) is 6.01. The second-order valence-electron chi connectivity index (χ2n) is 2.90. The topological polar surface area (TPSA) is 52.3 Å². The van der Waals surface area contributed by atoms with E-state index in [0.29, 0.717) is 10.0 Å². The average Bonchev–Trinajstić information content (AvgIpc) is 2.21. The van der Waals surface area contributed by atoms with Crippen LogP contribution in [0.15, 0.2) is 22.7 Å². The molecule has 0 spiro atoms. The predicted octanol–water partition coefficient (Wildman–Crippen LogP) is 2.15. The van der Waals surface area contributed by atoms with Gasteiger partial charge in [0.2, 0.25) is 0 Å². The molecule has 1 aromatic rings. The molecule has 1 unspecified atom stereocenters. The van der Waals surface area contributed by atoms with E-state index in [2.05, 4.69) is 15.9 Å². The number of nitrogens with two attached hydrogens (primary N) is 1. The summed E-state index contributed by atoms with van der Waals surface area (Å²) in [6.07, 6.45) is 0. The van der Waals surface area contributed by atoms with Gasteiger partial charge in [0.05, 0.1) is 6.61 Å². The first-order valence-electron chi connectivity index (χ1n) is 4.43. The Morgan fingerprint density at radius 1 is 1.67 bits per heavy atom. The smallest absolute Gasteiger partial charge is 0.327 e. The molecule has 82 valence electrons. The van der Waals surface area contributed by atoms with E-state index < -0.39 is 17.8 Å². The van der Waals surface area contributed by atoms with Gasteiger partial charge in [-0.05, 0) is 30.7 Å². The fraction of sp³-hybridized carbons (Fsp3) is 0.300. The first-order chi connectivity index (χ1) is 7.06. The standard InChI is InChI=1S/C10H11BrFNO2/c1-2-15-10(14)9(13)7-5-6(12)3-4-8(7)11/h3-5,9H,2,13H2,1H3. The van der Waals surface area contributed by atoms with Crippen LogP contribution in [0.25, 0.3) is 0 Å². The third kappa shape index (κ3) is 3.00. The lowest BCUT2D eigenvalue weighted by atomic mass is 10.1. The molecular weight excluding hydrogens is 265 g/mol. The monoisotopic (exact) mass is 275 g/mol. The summed E-state index contributed by atoms with van der Waals surface area (Å²) in [7, 11) is 0. The normalized spacial score (nSPS) is 12.3. The first-order valence-corrected chi connectivity index (χ1v) is 5.22. The van der Waals surface area contributed by atoms with E-state index in [1.807, 2.05) is 0 Å². The van der Waals surface area contributed by atoms with Gasteiger partial charge in [-0.2, -0.15) is 0 Å². The van der Waals surface area contributed by atoms with E-state index in [1.165, 1.54) is 18.2 Å². The molecule has 2 N–H and O–H groups in total. The fourth-order valence-electron chi connectivity index (χ4n) is 1.11. The van der Waals surface area contributed by atoms with Crippen LogP contribution in [0.1, 0.15) is 18.5 Å². The number of hydrogen-bond acceptors (Lipinski definition) is 3. The molecule has 0 aromatic heterocycles. The lowest BCUT2D eigenvalue weighted by Gasteiger charge is -2.12. The summed E-state index contributed by atoms with van der Waals surface area (Å²) in [5, 5.41) is 0. The Labute approximate surface area is 95.5 Å². The van der Waals surface area contributed by atoms with Gasteiger partial charge in [-0.3, -0.25) is 0 Å². The van der Waals surface area contributed by atoms with E-state index in [1.54, 1.807) is 6.92 Å². The molecule has 5 heteroatoms. The van der Waals surface area contributed by atoms with E-state index in [0.717, 1.165) is 0 Å². The Kier molecular flexibility index (Phi) is 4.23. The predicted molar refractivity (Wildman–Crippen MR) is 57.7 cm³/mol. The van der Waals surface area contributed by atoms with Crippen molar-refractivity contribution >= 4 is 21.9 Å². The van der Waals surface area contributed by atoms with Crippen molar-refractivity contribution in [1.29, 1.82) is 0 Å². The highest BCUT2D eigenvalue weighted by Gasteiger charge is 2.19. The Morgan fingerprint density at radius 3 is 2.93 bits per heavy atom. The van der Waals surface area contributed by atoms with Crippen molar-refractivity contribution in [3.63, 3.8) is 0 Å². The second kappa shape index (κ2) is 5.23. The van der Waals surface area contributed by atoms with Gasteiger partial charge >= 0.3 is 5.97 Å². The van der Waals surface area contributed by atoms with Crippen molar-refractivity contribution in [2.24, 2.45) is 5.73 Å². The quantitative estimate of drug-likeness (QED) is 0.860. The van der Waals surface area contributed by atoms with Crippen LogP contribution in [0.2, 0.25) is 0 Å². The van der Waals surface area contributed by atoms with Crippen molar-refractivity contribution in [3.05, 3.63) is 34.1 Å². The molecule has 15 heavy (non-hydrogen) atoms. The third-order valence-corrected chi connectivity index (χ3v) is 2.56. The third-order valence-electron chi connectivity index (χ3n) is 1.83. The Balaban J connectivity index is 2.94. The van der Waals surface area contributed by atoms with Crippen LogP contribution in [0.3, 0.4) is 0 Å². The second-order valence-corrected chi connectivity index (χ2v) is 3.75. The number of carbonyl (C=O) groups excluding carboxylic acids is 1. The molecule has 1 atom stereocenters. The van der Waals surface area contributed by atoms with Gasteiger partial charge in [0.15, 0.2) is 0 Å². The number of benzene rings is 1. The van der Waals surface area contributed by atoms with Crippen LogP contribution >= 0.6 is 15.9 Å². The van der Waals surface area contributed by atoms with Crippen molar-refractivity contribution in [1.82, 2.24) is 0 Å². The van der Waals surface area contributed by atoms with Crippen molar-refractivity contribution in [2.45, 2.75) is 13.0 Å². The number of hydrogen-bond donors (Lipinski definition) is 1. The van der Waals surface area contributed by atoms with Crippen LogP contribution in [0.5, 0.6) is 0 Å². The van der Waals surface area contributed by atoms with Gasteiger partial charge in [0.1, 0.15) is 11.9 Å². The highest BCUT2D eigenvalue weighted by Crippen LogP contribution is 2.23. The van der Waals surface area contributed by atoms with Crippen molar-refractivity contribution in [2.75, 3.05) is 6.61 Å². The van der Waals surface area contributed by atoms with Gasteiger partial charge in [0, 0.05) is 4.47 Å². The molecule has 0 heterocycles. The van der Waals surface area contributed by atoms with Crippen LogP contribution < -0.4 is 5.73 Å². The molecule has 0 saturated heterocycles. The minimum Gasteiger partial charge on any atom is -0.465 e.